The molecule has 0 saturated heterocycles. The molecule has 2 atom stereocenters. The van der Waals surface area contributed by atoms with Crippen LogP contribution in [0.25, 0.3) is 0 Å². The van der Waals surface area contributed by atoms with Crippen LogP contribution >= 0.6 is 0 Å². The molecular formula is C39H42N6O5. The number of hydrogen-bond donors (Lipinski definition) is 3. The number of methoxy groups -OCH3 is 2. The van der Waals surface area contributed by atoms with Crippen molar-refractivity contribution >= 4 is 29.1 Å². The Morgan fingerprint density at radius 2 is 1.14 bits per heavy atom. The third-order valence-corrected chi connectivity index (χ3v) is 8.51. The Kier molecular flexibility index (Phi) is 12.0. The predicted molar refractivity (Wildman–Crippen MR) is 194 cm³/mol. The summed E-state index contributed by atoms with van der Waals surface area (Å²) < 4.78 is 10.5. The lowest BCUT2D eigenvalue weighted by molar-refractivity contribution is -0.121. The van der Waals surface area contributed by atoms with Crippen LogP contribution in [0, 0.1) is 0 Å². The van der Waals surface area contributed by atoms with Gasteiger partial charge in [0, 0.05) is 38.4 Å². The van der Waals surface area contributed by atoms with Gasteiger partial charge in [0.05, 0.1) is 32.3 Å². The van der Waals surface area contributed by atoms with E-state index in [1.807, 2.05) is 72.8 Å². The van der Waals surface area contributed by atoms with Crippen LogP contribution in [0.5, 0.6) is 11.5 Å². The quantitative estimate of drug-likeness (QED) is 0.146. The van der Waals surface area contributed by atoms with Crippen LogP contribution in [-0.2, 0) is 29.0 Å². The van der Waals surface area contributed by atoms with Crippen molar-refractivity contribution in [1.82, 2.24) is 20.6 Å². The van der Waals surface area contributed by atoms with Crippen LogP contribution in [0.4, 0.5) is 11.4 Å². The lowest BCUT2D eigenvalue weighted by atomic mass is 10.0. The van der Waals surface area contributed by atoms with Gasteiger partial charge in [0.25, 0.3) is 5.91 Å². The van der Waals surface area contributed by atoms with Gasteiger partial charge in [0.2, 0.25) is 11.8 Å². The Hall–Kier alpha value is -5.94. The first-order valence-electron chi connectivity index (χ1n) is 16.2. The molecule has 5 aromatic rings. The second-order valence-corrected chi connectivity index (χ2v) is 11.8. The molecule has 0 unspecified atom stereocenters. The zero-order valence-corrected chi connectivity index (χ0v) is 28.6. The third-order valence-electron chi connectivity index (χ3n) is 8.51. The predicted octanol–water partition coefficient (Wildman–Crippen LogP) is 4.79. The summed E-state index contributed by atoms with van der Waals surface area (Å²) >= 11 is 0. The number of ether oxygens (including phenoxy) is 2. The van der Waals surface area contributed by atoms with Gasteiger partial charge in [-0.3, -0.25) is 19.7 Å². The Morgan fingerprint density at radius 3 is 1.62 bits per heavy atom. The van der Waals surface area contributed by atoms with Crippen molar-refractivity contribution < 1.29 is 23.9 Å². The van der Waals surface area contributed by atoms with Crippen molar-refractivity contribution in [3.63, 3.8) is 0 Å². The summed E-state index contributed by atoms with van der Waals surface area (Å²) in [4.78, 5) is 52.0. The Morgan fingerprint density at radius 1 is 0.680 bits per heavy atom. The normalized spacial score (nSPS) is 12.0. The number of carbonyl (C=O) groups excluding carboxylic acids is 3. The third kappa shape index (κ3) is 8.94. The molecule has 3 N–H and O–H groups in total. The van der Waals surface area contributed by atoms with E-state index in [0.29, 0.717) is 35.0 Å². The highest BCUT2D eigenvalue weighted by Crippen LogP contribution is 2.21. The van der Waals surface area contributed by atoms with Gasteiger partial charge in [-0.15, -0.1) is 0 Å². The topological polar surface area (TPSA) is 129 Å². The molecule has 0 spiro atoms. The van der Waals surface area contributed by atoms with Crippen LogP contribution in [0.2, 0.25) is 0 Å². The number of amides is 3. The first-order valence-corrected chi connectivity index (χ1v) is 16.2. The number of likely N-dealkylation sites (N-methyl/N-ethyl adjacent to an activating group) is 2. The molecule has 0 radical (unpaired) electrons. The fourth-order valence-electron chi connectivity index (χ4n) is 5.58. The smallest absolute Gasteiger partial charge is 0.272 e. The summed E-state index contributed by atoms with van der Waals surface area (Å²) in [5.74, 6) is 0.404. The maximum atomic E-state index is 13.9. The first-order chi connectivity index (χ1) is 24.3. The van der Waals surface area contributed by atoms with Gasteiger partial charge in [-0.05, 0) is 66.1 Å². The molecule has 0 aliphatic carbocycles. The van der Waals surface area contributed by atoms with E-state index in [1.165, 1.54) is 11.2 Å². The minimum absolute atomic E-state index is 0.130. The van der Waals surface area contributed by atoms with Crippen molar-refractivity contribution in [1.29, 1.82) is 0 Å². The number of aromatic nitrogens is 2. The Bertz CT molecular complexity index is 1850. The molecule has 0 fully saturated rings. The van der Waals surface area contributed by atoms with Gasteiger partial charge in [0.15, 0.2) is 0 Å². The summed E-state index contributed by atoms with van der Waals surface area (Å²) in [7, 11) is 6.57. The molecule has 0 aliphatic heterocycles. The molecule has 11 heteroatoms. The average molecular weight is 675 g/mol. The molecule has 50 heavy (non-hydrogen) atoms. The van der Waals surface area contributed by atoms with E-state index < -0.39 is 18.0 Å². The molecule has 1 heterocycles. The lowest BCUT2D eigenvalue weighted by Crippen LogP contribution is -2.49. The van der Waals surface area contributed by atoms with Crippen molar-refractivity contribution in [2.24, 2.45) is 0 Å². The van der Waals surface area contributed by atoms with E-state index in [1.54, 1.807) is 69.6 Å². The summed E-state index contributed by atoms with van der Waals surface area (Å²) in [5, 5.41) is 6.28. The maximum absolute atomic E-state index is 13.9. The second-order valence-electron chi connectivity index (χ2n) is 11.8. The molecule has 258 valence electrons. The van der Waals surface area contributed by atoms with Crippen LogP contribution in [0.1, 0.15) is 27.3 Å². The molecule has 4 aromatic carbocycles. The standard InChI is InChI=1S/C39H42N6O5/c1-44(29-15-19-31(49-3)20-16-29)38(47)33(23-27-11-7-5-8-12-27)40-25-35-36(42-26-41-35)37(46)43-34(24-28-13-9-6-10-14-28)39(48)45(2)30-17-21-32(50-4)22-18-30/h5-22,26,33-34,40H,23-25H2,1-4H3,(H,41,42)(H,43,46)/t33-,34-/m0/s1. The van der Waals surface area contributed by atoms with Gasteiger partial charge < -0.3 is 29.6 Å². The Balaban J connectivity index is 1.33. The fraction of sp³-hybridized carbons (Fsp3) is 0.231. The van der Waals surface area contributed by atoms with E-state index in [9.17, 15) is 14.4 Å². The summed E-state index contributed by atoms with van der Waals surface area (Å²) in [6.45, 7) is 0.144. The first kappa shape index (κ1) is 35.4. The number of benzene rings is 4. The molecule has 3 amide bonds. The summed E-state index contributed by atoms with van der Waals surface area (Å²) in [5.41, 5.74) is 3.85. The van der Waals surface area contributed by atoms with E-state index in [4.69, 9.17) is 9.47 Å². The zero-order valence-electron chi connectivity index (χ0n) is 28.6. The van der Waals surface area contributed by atoms with E-state index in [-0.39, 0.29) is 30.5 Å². The second kappa shape index (κ2) is 16.9. The van der Waals surface area contributed by atoms with E-state index in [2.05, 4.69) is 20.6 Å². The van der Waals surface area contributed by atoms with Gasteiger partial charge in [-0.25, -0.2) is 4.98 Å². The molecule has 0 aliphatic rings. The Labute approximate surface area is 292 Å². The maximum Gasteiger partial charge on any atom is 0.272 e. The van der Waals surface area contributed by atoms with Gasteiger partial charge in [-0.1, -0.05) is 60.7 Å². The number of anilines is 2. The molecule has 1 aromatic heterocycles. The zero-order chi connectivity index (χ0) is 35.5. The van der Waals surface area contributed by atoms with Crippen molar-refractivity contribution in [2.75, 3.05) is 38.1 Å². The van der Waals surface area contributed by atoms with Gasteiger partial charge in [-0.2, -0.15) is 0 Å². The minimum atomic E-state index is -0.889. The van der Waals surface area contributed by atoms with E-state index in [0.717, 1.165) is 11.1 Å². The number of hydrogen-bond acceptors (Lipinski definition) is 7. The molecule has 11 nitrogen and oxygen atoms in total. The van der Waals surface area contributed by atoms with Crippen molar-refractivity contribution in [3.05, 3.63) is 138 Å². The number of carbonyl (C=O) groups is 3. The SMILES string of the molecule is COc1ccc(N(C)C(=O)[C@H](Cc2ccccc2)NCc2[nH]cnc2C(=O)N[C@@H](Cc2ccccc2)C(=O)N(C)c2ccc(OC)cc2)cc1. The number of rotatable bonds is 15. The van der Waals surface area contributed by atoms with Crippen molar-refractivity contribution in [2.45, 2.75) is 31.5 Å². The number of nitrogens with zero attached hydrogens (tertiary/aromatic N) is 3. The fourth-order valence-corrected chi connectivity index (χ4v) is 5.58. The molecule has 0 saturated carbocycles. The summed E-state index contributed by atoms with van der Waals surface area (Å²) in [6, 6.07) is 32.1. The average Bonchev–Trinajstić information content (AvgIpc) is 3.65. The van der Waals surface area contributed by atoms with Gasteiger partial charge >= 0.3 is 0 Å². The number of imidazole rings is 1. The highest BCUT2D eigenvalue weighted by molar-refractivity contribution is 6.02. The van der Waals surface area contributed by atoms with Gasteiger partial charge in [0.1, 0.15) is 23.2 Å². The summed E-state index contributed by atoms with van der Waals surface area (Å²) in [6.07, 6.45) is 2.12. The molecule has 5 rings (SSSR count). The number of aromatic amines is 1. The monoisotopic (exact) mass is 674 g/mol. The van der Waals surface area contributed by atoms with E-state index >= 15 is 0 Å². The number of H-pyrrole nitrogens is 1. The van der Waals surface area contributed by atoms with Crippen LogP contribution in [0.15, 0.2) is 116 Å². The largest absolute Gasteiger partial charge is 0.497 e. The number of nitrogens with one attached hydrogen (secondary N) is 3. The lowest BCUT2D eigenvalue weighted by Gasteiger charge is -2.26. The minimum Gasteiger partial charge on any atom is -0.497 e. The highest BCUT2D eigenvalue weighted by Gasteiger charge is 2.29. The highest BCUT2D eigenvalue weighted by atomic mass is 16.5. The van der Waals surface area contributed by atoms with Crippen LogP contribution in [-0.4, -0.2) is 68.1 Å². The van der Waals surface area contributed by atoms with Crippen LogP contribution in [0.3, 0.4) is 0 Å². The molecule has 0 bridgehead atoms. The van der Waals surface area contributed by atoms with Crippen molar-refractivity contribution in [3.8, 4) is 11.5 Å². The van der Waals surface area contributed by atoms with Crippen LogP contribution < -0.4 is 29.9 Å². The molecular weight excluding hydrogens is 632 g/mol.